The number of nitriles is 1. The first-order valence-corrected chi connectivity index (χ1v) is 7.69. The van der Waals surface area contributed by atoms with Gasteiger partial charge in [0.05, 0.1) is 23.5 Å². The van der Waals surface area contributed by atoms with Gasteiger partial charge in [-0.25, -0.2) is 13.2 Å². The quantitative estimate of drug-likeness (QED) is 0.769. The van der Waals surface area contributed by atoms with Gasteiger partial charge in [0, 0.05) is 19.0 Å². The third-order valence-corrected chi connectivity index (χ3v) is 3.56. The van der Waals surface area contributed by atoms with E-state index >= 15 is 0 Å². The second-order valence-corrected chi connectivity index (χ2v) is 5.41. The summed E-state index contributed by atoms with van der Waals surface area (Å²) < 4.78 is 39.1. The molecule has 0 fully saturated rings. The second-order valence-electron chi connectivity index (χ2n) is 5.41. The molecule has 1 aromatic carbocycles. The van der Waals surface area contributed by atoms with Gasteiger partial charge in [0.1, 0.15) is 23.4 Å². The highest BCUT2D eigenvalue weighted by molar-refractivity contribution is 5.94. The number of rotatable bonds is 7. The van der Waals surface area contributed by atoms with Crippen molar-refractivity contribution in [1.29, 1.82) is 5.26 Å². The number of nitrogens with zero attached hydrogens (tertiary/aromatic N) is 2. The summed E-state index contributed by atoms with van der Waals surface area (Å²) in [5.74, 6) is -4.62. The highest BCUT2D eigenvalue weighted by Crippen LogP contribution is 2.16. The molecule has 8 heteroatoms. The number of pyridine rings is 1. The normalized spacial score (nSPS) is 11.5. The van der Waals surface area contributed by atoms with E-state index in [0.717, 1.165) is 24.4 Å². The van der Waals surface area contributed by atoms with Crippen LogP contribution < -0.4 is 5.32 Å². The predicted molar refractivity (Wildman–Crippen MR) is 85.5 cm³/mol. The van der Waals surface area contributed by atoms with Gasteiger partial charge >= 0.3 is 0 Å². The number of nitrogens with one attached hydrogen (secondary N) is 1. The molecule has 0 aliphatic heterocycles. The van der Waals surface area contributed by atoms with Crippen LogP contribution in [0.2, 0.25) is 0 Å². The largest absolute Gasteiger partial charge is 0.352 e. The average Bonchev–Trinajstić information content (AvgIpc) is 2.60. The Morgan fingerprint density at radius 1 is 1.15 bits per heavy atom. The van der Waals surface area contributed by atoms with Crippen molar-refractivity contribution in [1.82, 2.24) is 10.3 Å². The van der Waals surface area contributed by atoms with E-state index in [-0.39, 0.29) is 30.6 Å². The Hall–Kier alpha value is -3.21. The van der Waals surface area contributed by atoms with Crippen molar-refractivity contribution in [3.63, 3.8) is 0 Å². The van der Waals surface area contributed by atoms with Gasteiger partial charge in [-0.05, 0) is 30.7 Å². The topological polar surface area (TPSA) is 82.9 Å². The zero-order valence-electron chi connectivity index (χ0n) is 13.5. The van der Waals surface area contributed by atoms with Crippen molar-refractivity contribution < 1.29 is 22.8 Å². The first kappa shape index (κ1) is 19.1. The lowest BCUT2D eigenvalue weighted by molar-refractivity contribution is -0.119. The van der Waals surface area contributed by atoms with E-state index in [1.807, 2.05) is 6.07 Å². The number of Topliss-reactive ketones (excluding diaryl/α,β-unsaturated/α-hetero) is 1. The summed E-state index contributed by atoms with van der Waals surface area (Å²) in [6.07, 6.45) is 1.11. The molecule has 0 radical (unpaired) electrons. The molecule has 1 atom stereocenters. The Bertz CT molecular complexity index is 848. The van der Waals surface area contributed by atoms with Crippen molar-refractivity contribution in [2.75, 3.05) is 6.54 Å². The van der Waals surface area contributed by atoms with Crippen molar-refractivity contribution >= 4 is 11.7 Å². The molecule has 0 bridgehead atoms. The van der Waals surface area contributed by atoms with Gasteiger partial charge in [0.25, 0.3) is 5.91 Å². The first-order valence-electron chi connectivity index (χ1n) is 7.69. The van der Waals surface area contributed by atoms with E-state index in [9.17, 15) is 22.8 Å². The molecule has 1 aromatic heterocycles. The number of ketones is 1. The highest BCUT2D eigenvalue weighted by atomic mass is 19.1. The lowest BCUT2D eigenvalue weighted by Gasteiger charge is -2.09. The zero-order chi connectivity index (χ0) is 19.1. The van der Waals surface area contributed by atoms with Crippen LogP contribution in [0.1, 0.15) is 34.8 Å². The minimum Gasteiger partial charge on any atom is -0.352 e. The van der Waals surface area contributed by atoms with E-state index in [4.69, 9.17) is 5.26 Å². The fourth-order valence-corrected chi connectivity index (χ4v) is 2.24. The van der Waals surface area contributed by atoms with E-state index in [2.05, 4.69) is 10.3 Å². The molecule has 1 amide bonds. The number of hydrogen-bond donors (Lipinski definition) is 1. The Labute approximate surface area is 147 Å². The maximum absolute atomic E-state index is 13.5. The third-order valence-electron chi connectivity index (χ3n) is 3.56. The monoisotopic (exact) mass is 361 g/mol. The minimum atomic E-state index is -1.12. The molecule has 0 saturated heterocycles. The molecule has 1 N–H and O–H groups in total. The van der Waals surface area contributed by atoms with Crippen LogP contribution in [0.4, 0.5) is 13.2 Å². The molecule has 2 aromatic rings. The van der Waals surface area contributed by atoms with Gasteiger partial charge in [-0.15, -0.1) is 0 Å². The zero-order valence-corrected chi connectivity index (χ0v) is 13.5. The van der Waals surface area contributed by atoms with Gasteiger partial charge in [-0.2, -0.15) is 5.26 Å². The standard InChI is InChI=1S/C18H14F3N3O2/c19-11-3-5-13(15(21)8-11)18(26)23-7-1-2-17(25)14(9-22)16-6-4-12(20)10-24-16/h3-6,8,10,14H,1-2,7H2,(H,23,26)/t14-/m0/s1. The molecule has 0 saturated carbocycles. The summed E-state index contributed by atoms with van der Waals surface area (Å²) >= 11 is 0. The number of halogens is 3. The first-order chi connectivity index (χ1) is 12.4. The molecule has 0 spiro atoms. The number of aromatic nitrogens is 1. The van der Waals surface area contributed by atoms with E-state index < -0.39 is 35.1 Å². The smallest absolute Gasteiger partial charge is 0.254 e. The van der Waals surface area contributed by atoms with Crippen LogP contribution in [-0.2, 0) is 4.79 Å². The highest BCUT2D eigenvalue weighted by Gasteiger charge is 2.21. The van der Waals surface area contributed by atoms with Crippen LogP contribution in [-0.4, -0.2) is 23.2 Å². The summed E-state index contributed by atoms with van der Waals surface area (Å²) in [5.41, 5.74) is -0.153. The van der Waals surface area contributed by atoms with Gasteiger partial charge in [-0.1, -0.05) is 0 Å². The maximum Gasteiger partial charge on any atom is 0.254 e. The fraction of sp³-hybridized carbons (Fsp3) is 0.222. The summed E-state index contributed by atoms with van der Waals surface area (Å²) in [4.78, 5) is 27.6. The van der Waals surface area contributed by atoms with E-state index in [1.54, 1.807) is 0 Å². The van der Waals surface area contributed by atoms with Gasteiger partial charge < -0.3 is 5.32 Å². The van der Waals surface area contributed by atoms with Crippen molar-refractivity contribution in [3.8, 4) is 6.07 Å². The van der Waals surface area contributed by atoms with Crippen molar-refractivity contribution in [2.45, 2.75) is 18.8 Å². The molecule has 134 valence electrons. The number of carbonyl (C=O) groups is 2. The molecule has 5 nitrogen and oxygen atoms in total. The second kappa shape index (κ2) is 8.76. The van der Waals surface area contributed by atoms with Crippen LogP contribution in [0, 0.1) is 28.8 Å². The van der Waals surface area contributed by atoms with Crippen LogP contribution in [0.15, 0.2) is 36.5 Å². The fourth-order valence-electron chi connectivity index (χ4n) is 2.24. The molecular weight excluding hydrogens is 347 g/mol. The molecule has 0 aliphatic rings. The Kier molecular flexibility index (Phi) is 6.44. The van der Waals surface area contributed by atoms with Crippen molar-refractivity contribution in [2.24, 2.45) is 0 Å². The number of benzene rings is 1. The number of amides is 1. The Morgan fingerprint density at radius 2 is 1.88 bits per heavy atom. The van der Waals surface area contributed by atoms with E-state index in [1.165, 1.54) is 6.07 Å². The summed E-state index contributed by atoms with van der Waals surface area (Å²) in [7, 11) is 0. The van der Waals surface area contributed by atoms with Gasteiger partial charge in [-0.3, -0.25) is 14.6 Å². The maximum atomic E-state index is 13.5. The summed E-state index contributed by atoms with van der Waals surface area (Å²) in [6.45, 7) is 0.0659. The number of carbonyl (C=O) groups excluding carboxylic acids is 2. The van der Waals surface area contributed by atoms with Crippen LogP contribution in [0.5, 0.6) is 0 Å². The molecule has 0 unspecified atom stereocenters. The predicted octanol–water partition coefficient (Wildman–Crippen LogP) is 2.89. The Morgan fingerprint density at radius 3 is 2.50 bits per heavy atom. The lowest BCUT2D eigenvalue weighted by Crippen LogP contribution is -2.26. The number of hydrogen-bond acceptors (Lipinski definition) is 4. The van der Waals surface area contributed by atoms with Crippen molar-refractivity contribution in [3.05, 3.63) is 65.2 Å². The molecule has 1 heterocycles. The Balaban J connectivity index is 1.84. The summed E-state index contributed by atoms with van der Waals surface area (Å²) in [6, 6.07) is 6.79. The summed E-state index contributed by atoms with van der Waals surface area (Å²) in [5, 5.41) is 11.5. The average molecular weight is 361 g/mol. The molecular formula is C18H14F3N3O2. The van der Waals surface area contributed by atoms with Crippen LogP contribution >= 0.6 is 0 Å². The van der Waals surface area contributed by atoms with Crippen LogP contribution in [0.25, 0.3) is 0 Å². The van der Waals surface area contributed by atoms with Gasteiger partial charge in [0.15, 0.2) is 5.78 Å². The minimum absolute atomic E-state index is 0.0243. The third kappa shape index (κ3) is 4.89. The molecule has 0 aliphatic carbocycles. The lowest BCUT2D eigenvalue weighted by atomic mass is 9.97. The van der Waals surface area contributed by atoms with Crippen LogP contribution in [0.3, 0.4) is 0 Å². The SMILES string of the molecule is N#C[C@H](C(=O)CCCNC(=O)c1ccc(F)cc1F)c1ccc(F)cn1. The molecule has 26 heavy (non-hydrogen) atoms. The molecule has 2 rings (SSSR count). The van der Waals surface area contributed by atoms with Gasteiger partial charge in [0.2, 0.25) is 0 Å². The van der Waals surface area contributed by atoms with E-state index in [0.29, 0.717) is 6.07 Å².